The maximum absolute atomic E-state index is 6.05. The lowest BCUT2D eigenvalue weighted by Crippen LogP contribution is -1.97. The molecular weight excluding hydrogens is 279 g/mol. The third-order valence-electron chi connectivity index (χ3n) is 2.25. The molecule has 0 spiro atoms. The Labute approximate surface area is 114 Å². The Morgan fingerprint density at radius 3 is 2.35 bits per heavy atom. The molecule has 0 saturated carbocycles. The number of rotatable bonds is 2. The normalized spacial score (nSPS) is 10.3. The van der Waals surface area contributed by atoms with Gasteiger partial charge >= 0.3 is 0 Å². The molecule has 0 aliphatic carbocycles. The predicted octanol–water partition coefficient (Wildman–Crippen LogP) is 4.97. The van der Waals surface area contributed by atoms with Crippen molar-refractivity contribution in [2.45, 2.75) is 0 Å². The predicted molar refractivity (Wildman–Crippen MR) is 75.6 cm³/mol. The van der Waals surface area contributed by atoms with E-state index in [0.717, 1.165) is 5.69 Å². The van der Waals surface area contributed by atoms with Crippen LogP contribution in [0, 0.1) is 0 Å². The van der Waals surface area contributed by atoms with Crippen LogP contribution in [0.5, 0.6) is 0 Å². The van der Waals surface area contributed by atoms with Crippen LogP contribution < -0.4 is 11.1 Å². The molecule has 0 radical (unpaired) electrons. The lowest BCUT2D eigenvalue weighted by molar-refractivity contribution is 1.54. The van der Waals surface area contributed by atoms with Crippen LogP contribution in [0.1, 0.15) is 0 Å². The molecule has 2 rings (SSSR count). The molecule has 0 fully saturated rings. The zero-order valence-corrected chi connectivity index (χ0v) is 10.9. The maximum Gasteiger partial charge on any atom is 0.0742 e. The van der Waals surface area contributed by atoms with E-state index in [0.29, 0.717) is 26.4 Å². The summed E-state index contributed by atoms with van der Waals surface area (Å²) in [7, 11) is 0. The van der Waals surface area contributed by atoms with E-state index in [-0.39, 0.29) is 0 Å². The summed E-state index contributed by atoms with van der Waals surface area (Å²) < 4.78 is 0. The Morgan fingerprint density at radius 2 is 1.65 bits per heavy atom. The lowest BCUT2D eigenvalue weighted by atomic mass is 10.2. The van der Waals surface area contributed by atoms with Crippen molar-refractivity contribution in [3.05, 3.63) is 51.5 Å². The van der Waals surface area contributed by atoms with Crippen LogP contribution >= 0.6 is 34.8 Å². The number of nitrogens with two attached hydrogens (primary N) is 1. The van der Waals surface area contributed by atoms with Gasteiger partial charge in [-0.05, 0) is 30.3 Å². The standard InChI is InChI=1S/C12H9Cl3N2/c13-7-4-5-10(9(15)6-7)17-11-3-1-2-8(14)12(11)16/h1-6,17H,16H2. The molecule has 0 amide bonds. The van der Waals surface area contributed by atoms with Gasteiger partial charge in [-0.2, -0.15) is 0 Å². The highest BCUT2D eigenvalue weighted by Gasteiger charge is 2.06. The summed E-state index contributed by atoms with van der Waals surface area (Å²) in [6.07, 6.45) is 0. The van der Waals surface area contributed by atoms with Gasteiger partial charge in [0.15, 0.2) is 0 Å². The monoisotopic (exact) mass is 286 g/mol. The van der Waals surface area contributed by atoms with Crippen LogP contribution in [-0.2, 0) is 0 Å². The van der Waals surface area contributed by atoms with Gasteiger partial charge in [0.25, 0.3) is 0 Å². The smallest absolute Gasteiger partial charge is 0.0742 e. The lowest BCUT2D eigenvalue weighted by Gasteiger charge is -2.11. The largest absolute Gasteiger partial charge is 0.396 e. The summed E-state index contributed by atoms with van der Waals surface area (Å²) in [4.78, 5) is 0. The molecule has 0 aliphatic heterocycles. The van der Waals surface area contributed by atoms with Crippen LogP contribution in [0.2, 0.25) is 15.1 Å². The number of hydrogen-bond donors (Lipinski definition) is 2. The SMILES string of the molecule is Nc1c(Cl)cccc1Nc1ccc(Cl)cc1Cl. The van der Waals surface area contributed by atoms with E-state index in [4.69, 9.17) is 40.5 Å². The highest BCUT2D eigenvalue weighted by molar-refractivity contribution is 6.36. The molecule has 17 heavy (non-hydrogen) atoms. The van der Waals surface area contributed by atoms with E-state index < -0.39 is 0 Å². The molecule has 88 valence electrons. The van der Waals surface area contributed by atoms with Crippen LogP contribution in [0.15, 0.2) is 36.4 Å². The number of halogens is 3. The van der Waals surface area contributed by atoms with Gasteiger partial charge in [-0.1, -0.05) is 40.9 Å². The van der Waals surface area contributed by atoms with Gasteiger partial charge in [0.2, 0.25) is 0 Å². The summed E-state index contributed by atoms with van der Waals surface area (Å²) in [5.41, 5.74) is 7.77. The minimum absolute atomic E-state index is 0.486. The fraction of sp³-hybridized carbons (Fsp3) is 0. The van der Waals surface area contributed by atoms with Crippen molar-refractivity contribution in [3.63, 3.8) is 0 Å². The van der Waals surface area contributed by atoms with Gasteiger partial charge in [0.05, 0.1) is 27.1 Å². The molecule has 0 bridgehead atoms. The number of nitrogens with one attached hydrogen (secondary N) is 1. The van der Waals surface area contributed by atoms with Gasteiger partial charge in [0, 0.05) is 5.02 Å². The second kappa shape index (κ2) is 5.05. The number of anilines is 3. The summed E-state index contributed by atoms with van der Waals surface area (Å²) >= 11 is 17.8. The molecule has 2 nitrogen and oxygen atoms in total. The van der Waals surface area contributed by atoms with Crippen LogP contribution in [-0.4, -0.2) is 0 Å². The zero-order valence-electron chi connectivity index (χ0n) is 8.68. The second-order valence-corrected chi connectivity index (χ2v) is 4.70. The molecule has 0 unspecified atom stereocenters. The van der Waals surface area contributed by atoms with Gasteiger partial charge < -0.3 is 11.1 Å². The Hall–Kier alpha value is -1.09. The highest BCUT2D eigenvalue weighted by Crippen LogP contribution is 2.33. The molecule has 0 atom stereocenters. The van der Waals surface area contributed by atoms with E-state index in [1.54, 1.807) is 24.3 Å². The van der Waals surface area contributed by atoms with Crippen molar-refractivity contribution in [3.8, 4) is 0 Å². The van der Waals surface area contributed by atoms with Crippen molar-refractivity contribution in [1.29, 1.82) is 0 Å². The molecule has 5 heteroatoms. The third kappa shape index (κ3) is 2.78. The first-order valence-corrected chi connectivity index (χ1v) is 5.97. The van der Waals surface area contributed by atoms with Gasteiger partial charge in [-0.25, -0.2) is 0 Å². The zero-order chi connectivity index (χ0) is 12.4. The number of para-hydroxylation sites is 1. The second-order valence-electron chi connectivity index (χ2n) is 3.45. The van der Waals surface area contributed by atoms with Crippen molar-refractivity contribution in [2.24, 2.45) is 0 Å². The van der Waals surface area contributed by atoms with E-state index in [2.05, 4.69) is 5.32 Å². The Morgan fingerprint density at radius 1 is 0.882 bits per heavy atom. The third-order valence-corrected chi connectivity index (χ3v) is 3.13. The van der Waals surface area contributed by atoms with E-state index in [1.165, 1.54) is 0 Å². The fourth-order valence-electron chi connectivity index (χ4n) is 1.38. The minimum atomic E-state index is 0.486. The first-order valence-electron chi connectivity index (χ1n) is 4.84. The highest BCUT2D eigenvalue weighted by atomic mass is 35.5. The molecule has 0 aromatic heterocycles. The average Bonchev–Trinajstić information content (AvgIpc) is 2.28. The van der Waals surface area contributed by atoms with Gasteiger partial charge in [-0.15, -0.1) is 0 Å². The van der Waals surface area contributed by atoms with E-state index in [1.807, 2.05) is 12.1 Å². The molecule has 0 aliphatic rings. The summed E-state index contributed by atoms with van der Waals surface area (Å²) in [5.74, 6) is 0. The van der Waals surface area contributed by atoms with Crippen molar-refractivity contribution in [2.75, 3.05) is 11.1 Å². The van der Waals surface area contributed by atoms with Gasteiger partial charge in [-0.3, -0.25) is 0 Å². The number of benzene rings is 2. The summed E-state index contributed by atoms with van der Waals surface area (Å²) in [6, 6.07) is 10.6. The minimum Gasteiger partial charge on any atom is -0.396 e. The molecule has 0 saturated heterocycles. The first kappa shape index (κ1) is 12.4. The fourth-order valence-corrected chi connectivity index (χ4v) is 2.01. The van der Waals surface area contributed by atoms with E-state index >= 15 is 0 Å². The number of hydrogen-bond acceptors (Lipinski definition) is 2. The molecule has 2 aromatic carbocycles. The molecule has 2 aromatic rings. The van der Waals surface area contributed by atoms with Gasteiger partial charge in [0.1, 0.15) is 0 Å². The molecule has 3 N–H and O–H groups in total. The average molecular weight is 288 g/mol. The molecular formula is C12H9Cl3N2. The Bertz CT molecular complexity index is 555. The summed E-state index contributed by atoms with van der Waals surface area (Å²) in [6.45, 7) is 0. The quantitative estimate of drug-likeness (QED) is 0.765. The summed E-state index contributed by atoms with van der Waals surface area (Å²) in [5, 5.41) is 4.72. The van der Waals surface area contributed by atoms with Crippen LogP contribution in [0.25, 0.3) is 0 Å². The van der Waals surface area contributed by atoms with Crippen LogP contribution in [0.4, 0.5) is 17.1 Å². The maximum atomic E-state index is 6.05. The van der Waals surface area contributed by atoms with Crippen molar-refractivity contribution >= 4 is 51.9 Å². The Balaban J connectivity index is 2.35. The first-order chi connectivity index (χ1) is 8.08. The molecule has 0 heterocycles. The Kier molecular flexibility index (Phi) is 3.67. The van der Waals surface area contributed by atoms with Crippen LogP contribution in [0.3, 0.4) is 0 Å². The van der Waals surface area contributed by atoms with Crippen molar-refractivity contribution < 1.29 is 0 Å². The number of nitrogen functional groups attached to an aromatic ring is 1. The topological polar surface area (TPSA) is 38.0 Å². The van der Waals surface area contributed by atoms with Crippen molar-refractivity contribution in [1.82, 2.24) is 0 Å². The van der Waals surface area contributed by atoms with E-state index in [9.17, 15) is 0 Å².